The lowest BCUT2D eigenvalue weighted by Gasteiger charge is -2.30. The Morgan fingerprint density at radius 1 is 0.258 bits per heavy atom. The van der Waals surface area contributed by atoms with Crippen LogP contribution in [0, 0.1) is 0 Å². The van der Waals surface area contributed by atoms with Gasteiger partial charge in [0.2, 0.25) is 0 Å². The summed E-state index contributed by atoms with van der Waals surface area (Å²) in [6.45, 7) is 0. The Bertz CT molecular complexity index is 3660. The molecule has 1 aromatic heterocycles. The molecule has 0 unspecified atom stereocenters. The summed E-state index contributed by atoms with van der Waals surface area (Å²) in [5, 5.41) is 4.76. The first kappa shape index (κ1) is 38.9. The van der Waals surface area contributed by atoms with Crippen LogP contribution in [-0.2, 0) is 0 Å². The monoisotopic (exact) mass is 841 g/mol. The van der Waals surface area contributed by atoms with Gasteiger partial charge in [-0.15, -0.1) is 0 Å². The van der Waals surface area contributed by atoms with Gasteiger partial charge in [-0.1, -0.05) is 212 Å². The highest BCUT2D eigenvalue weighted by atomic mass is 16.3. The molecule has 11 aromatic carbocycles. The maximum absolute atomic E-state index is 6.19. The Hall–Kier alpha value is -8.72. The highest BCUT2D eigenvalue weighted by molar-refractivity contribution is 6.06. The van der Waals surface area contributed by atoms with Gasteiger partial charge in [0.1, 0.15) is 11.2 Å². The molecule has 0 aliphatic heterocycles. The van der Waals surface area contributed by atoms with E-state index in [1.165, 1.54) is 49.7 Å². The number of nitrogens with zero attached hydrogens (tertiary/aromatic N) is 1. The Kier molecular flexibility index (Phi) is 9.89. The number of rotatable bonds is 9. The minimum Gasteiger partial charge on any atom is -0.456 e. The molecule has 0 atom stereocenters. The molecule has 0 saturated carbocycles. The second-order valence-corrected chi connectivity index (χ2v) is 16.8. The summed E-state index contributed by atoms with van der Waals surface area (Å²) in [5.74, 6) is 0. The number of benzene rings is 11. The van der Waals surface area contributed by atoms with Crippen molar-refractivity contribution in [2.24, 2.45) is 0 Å². The summed E-state index contributed by atoms with van der Waals surface area (Å²) >= 11 is 0. The van der Waals surface area contributed by atoms with Gasteiger partial charge in [0.15, 0.2) is 0 Å². The van der Waals surface area contributed by atoms with E-state index in [1.807, 2.05) is 12.1 Å². The van der Waals surface area contributed by atoms with Gasteiger partial charge in [0, 0.05) is 27.7 Å². The van der Waals surface area contributed by atoms with Crippen molar-refractivity contribution in [2.45, 2.75) is 0 Å². The molecule has 66 heavy (non-hydrogen) atoms. The van der Waals surface area contributed by atoms with E-state index in [-0.39, 0.29) is 0 Å². The number of hydrogen-bond donors (Lipinski definition) is 0. The van der Waals surface area contributed by atoms with Crippen LogP contribution in [0.2, 0.25) is 0 Å². The second kappa shape index (κ2) is 16.8. The average molecular weight is 842 g/mol. The first-order valence-corrected chi connectivity index (χ1v) is 22.6. The molecule has 0 saturated heterocycles. The SMILES string of the molecule is c1ccc(-c2ccccc2-c2c(-c3ccccc3)cccc2N(c2ccc(-c3ccc(-c4cccc5ccccc45)cc3)cc2)c2ccc(-c3ccc4oc5ccccc5c4c3)cc2)cc1. The van der Waals surface area contributed by atoms with Gasteiger partial charge in [-0.05, 0) is 121 Å². The van der Waals surface area contributed by atoms with Crippen molar-refractivity contribution in [3.8, 4) is 66.8 Å². The average Bonchev–Trinajstić information content (AvgIpc) is 3.78. The summed E-state index contributed by atoms with van der Waals surface area (Å²) in [4.78, 5) is 2.42. The van der Waals surface area contributed by atoms with E-state index in [0.717, 1.165) is 66.8 Å². The zero-order chi connectivity index (χ0) is 43.8. The van der Waals surface area contributed by atoms with E-state index in [9.17, 15) is 0 Å². The van der Waals surface area contributed by atoms with Gasteiger partial charge in [0.05, 0.1) is 5.69 Å². The Morgan fingerprint density at radius 3 is 1.42 bits per heavy atom. The summed E-state index contributed by atoms with van der Waals surface area (Å²) < 4.78 is 6.19. The molecule has 310 valence electrons. The first-order chi connectivity index (χ1) is 32.7. The second-order valence-electron chi connectivity index (χ2n) is 16.8. The largest absolute Gasteiger partial charge is 0.456 e. The fraction of sp³-hybridized carbons (Fsp3) is 0. The third kappa shape index (κ3) is 7.12. The molecule has 0 N–H and O–H groups in total. The number of anilines is 3. The normalized spacial score (nSPS) is 11.3. The van der Waals surface area contributed by atoms with Crippen LogP contribution in [0.4, 0.5) is 17.1 Å². The third-order valence-corrected chi connectivity index (χ3v) is 12.9. The maximum atomic E-state index is 6.19. The summed E-state index contributed by atoms with van der Waals surface area (Å²) in [7, 11) is 0. The lowest BCUT2D eigenvalue weighted by Crippen LogP contribution is -2.12. The van der Waals surface area contributed by atoms with Gasteiger partial charge >= 0.3 is 0 Å². The molecule has 0 bridgehead atoms. The molecule has 0 aliphatic rings. The molecule has 0 fully saturated rings. The quantitative estimate of drug-likeness (QED) is 0.144. The zero-order valence-electron chi connectivity index (χ0n) is 36.2. The molecule has 12 rings (SSSR count). The van der Waals surface area contributed by atoms with Crippen molar-refractivity contribution >= 4 is 49.8 Å². The van der Waals surface area contributed by atoms with Crippen LogP contribution in [0.5, 0.6) is 0 Å². The van der Waals surface area contributed by atoms with Crippen LogP contribution in [0.3, 0.4) is 0 Å². The van der Waals surface area contributed by atoms with Gasteiger partial charge in [-0.3, -0.25) is 0 Å². The zero-order valence-corrected chi connectivity index (χ0v) is 36.2. The molecule has 12 aromatic rings. The van der Waals surface area contributed by atoms with Crippen molar-refractivity contribution in [1.82, 2.24) is 0 Å². The minimum absolute atomic E-state index is 0.897. The van der Waals surface area contributed by atoms with E-state index in [0.29, 0.717) is 0 Å². The fourth-order valence-electron chi connectivity index (χ4n) is 9.70. The molecule has 0 radical (unpaired) electrons. The van der Waals surface area contributed by atoms with Crippen LogP contribution in [-0.4, -0.2) is 0 Å². The molecular formula is C64H43NO. The maximum Gasteiger partial charge on any atom is 0.135 e. The van der Waals surface area contributed by atoms with E-state index in [1.54, 1.807) is 0 Å². The van der Waals surface area contributed by atoms with E-state index in [2.05, 4.69) is 254 Å². The number of furan rings is 1. The molecule has 1 heterocycles. The van der Waals surface area contributed by atoms with E-state index in [4.69, 9.17) is 4.42 Å². The van der Waals surface area contributed by atoms with E-state index >= 15 is 0 Å². The first-order valence-electron chi connectivity index (χ1n) is 22.6. The minimum atomic E-state index is 0.897. The highest BCUT2D eigenvalue weighted by Crippen LogP contribution is 2.48. The summed E-state index contributed by atoms with van der Waals surface area (Å²) in [6, 6.07) is 94.0. The number of fused-ring (bicyclic) bond motifs is 4. The fourth-order valence-corrected chi connectivity index (χ4v) is 9.70. The van der Waals surface area contributed by atoms with Gasteiger partial charge < -0.3 is 9.32 Å². The molecular weight excluding hydrogens is 799 g/mol. The number of hydrogen-bond acceptors (Lipinski definition) is 2. The van der Waals surface area contributed by atoms with Crippen LogP contribution >= 0.6 is 0 Å². The van der Waals surface area contributed by atoms with E-state index < -0.39 is 0 Å². The molecule has 2 nitrogen and oxygen atoms in total. The van der Waals surface area contributed by atoms with Crippen LogP contribution in [0.15, 0.2) is 265 Å². The topological polar surface area (TPSA) is 16.4 Å². The third-order valence-electron chi connectivity index (χ3n) is 12.9. The molecule has 2 heteroatoms. The van der Waals surface area contributed by atoms with Crippen molar-refractivity contribution in [2.75, 3.05) is 4.90 Å². The molecule has 0 aliphatic carbocycles. The Labute approximate surface area is 384 Å². The summed E-state index contributed by atoms with van der Waals surface area (Å²) in [5.41, 5.74) is 19.1. The van der Waals surface area contributed by atoms with Crippen LogP contribution in [0.25, 0.3) is 99.5 Å². The predicted molar refractivity (Wildman–Crippen MR) is 279 cm³/mol. The van der Waals surface area contributed by atoms with Crippen molar-refractivity contribution in [3.63, 3.8) is 0 Å². The summed E-state index contributed by atoms with van der Waals surface area (Å²) in [6.07, 6.45) is 0. The van der Waals surface area contributed by atoms with Gasteiger partial charge in [-0.25, -0.2) is 0 Å². The number of para-hydroxylation sites is 1. The van der Waals surface area contributed by atoms with Gasteiger partial charge in [0.25, 0.3) is 0 Å². The standard InChI is InChI=1S/C64H43NO/c1-3-15-47(16-4-1)56-22-9-10-24-59(56)64-57(49-17-5-2-6-18-49)26-14-27-61(64)65(53-40-35-46(36-41-53)51-37-42-63-60(43-51)58-23-11-12-28-62(58)66-63)52-38-33-45(34-39-52)44-29-31-50(32-30-44)55-25-13-20-48-19-7-8-21-54(48)55/h1-43H. The van der Waals surface area contributed by atoms with Gasteiger partial charge in [-0.2, -0.15) is 0 Å². The van der Waals surface area contributed by atoms with Crippen molar-refractivity contribution < 1.29 is 4.42 Å². The highest BCUT2D eigenvalue weighted by Gasteiger charge is 2.23. The van der Waals surface area contributed by atoms with Crippen LogP contribution in [0.1, 0.15) is 0 Å². The lowest BCUT2D eigenvalue weighted by molar-refractivity contribution is 0.669. The van der Waals surface area contributed by atoms with Crippen molar-refractivity contribution in [3.05, 3.63) is 261 Å². The Morgan fingerprint density at radius 2 is 0.712 bits per heavy atom. The van der Waals surface area contributed by atoms with Crippen molar-refractivity contribution in [1.29, 1.82) is 0 Å². The molecule has 0 amide bonds. The Balaban J connectivity index is 1.000. The molecule has 0 spiro atoms. The van der Waals surface area contributed by atoms with Crippen LogP contribution < -0.4 is 4.90 Å². The predicted octanol–water partition coefficient (Wildman–Crippen LogP) is 18.2. The lowest BCUT2D eigenvalue weighted by atomic mass is 9.87. The smallest absolute Gasteiger partial charge is 0.135 e.